The highest BCUT2D eigenvalue weighted by Gasteiger charge is 2.31. The van der Waals surface area contributed by atoms with Gasteiger partial charge in [0.05, 0.1) is 23.8 Å². The topological polar surface area (TPSA) is 63.5 Å². The minimum Gasteiger partial charge on any atom is -0.406 e. The smallest absolute Gasteiger partial charge is 0.406 e. The second-order valence-electron chi connectivity index (χ2n) is 9.11. The monoisotopic (exact) mass is 613 g/mol. The molecule has 4 aromatic rings. The Hall–Kier alpha value is -3.70. The SMILES string of the molecule is Cc1cc(Br)cc(C)c1NC(=S)NN=Cc1ccc2c(c1)CCc1c-2cnn1-c1ccc(OC(F)(F)F)cc1. The molecule has 39 heavy (non-hydrogen) atoms. The summed E-state index contributed by atoms with van der Waals surface area (Å²) >= 11 is 8.90. The molecule has 3 aromatic carbocycles. The summed E-state index contributed by atoms with van der Waals surface area (Å²) in [6.45, 7) is 4.02. The van der Waals surface area contributed by atoms with Crippen molar-refractivity contribution in [3.05, 3.63) is 93.2 Å². The summed E-state index contributed by atoms with van der Waals surface area (Å²) in [7, 11) is 0. The van der Waals surface area contributed by atoms with Crippen molar-refractivity contribution < 1.29 is 17.9 Å². The van der Waals surface area contributed by atoms with Gasteiger partial charge in [0.1, 0.15) is 5.75 Å². The first-order chi connectivity index (χ1) is 18.6. The quantitative estimate of drug-likeness (QED) is 0.141. The molecule has 0 amide bonds. The zero-order valence-corrected chi connectivity index (χ0v) is 23.3. The van der Waals surface area contributed by atoms with Crippen molar-refractivity contribution in [3.8, 4) is 22.6 Å². The molecular weight excluding hydrogens is 591 g/mol. The number of hydrogen-bond donors (Lipinski definition) is 2. The van der Waals surface area contributed by atoms with Gasteiger partial charge < -0.3 is 10.1 Å². The maximum Gasteiger partial charge on any atom is 0.573 e. The zero-order chi connectivity index (χ0) is 27.7. The first-order valence-corrected chi connectivity index (χ1v) is 13.2. The van der Waals surface area contributed by atoms with Crippen molar-refractivity contribution in [3.63, 3.8) is 0 Å². The third kappa shape index (κ3) is 6.15. The van der Waals surface area contributed by atoms with E-state index in [1.165, 1.54) is 17.7 Å². The normalized spacial score (nSPS) is 12.7. The predicted octanol–water partition coefficient (Wildman–Crippen LogP) is 7.24. The fourth-order valence-electron chi connectivity index (χ4n) is 4.68. The highest BCUT2D eigenvalue weighted by atomic mass is 79.9. The lowest BCUT2D eigenvalue weighted by molar-refractivity contribution is -0.274. The summed E-state index contributed by atoms with van der Waals surface area (Å²) in [5.41, 5.74) is 11.8. The van der Waals surface area contributed by atoms with Crippen LogP contribution in [0, 0.1) is 13.8 Å². The number of aromatic nitrogens is 2. The second-order valence-corrected chi connectivity index (χ2v) is 10.4. The Morgan fingerprint density at radius 2 is 1.77 bits per heavy atom. The highest BCUT2D eigenvalue weighted by Crippen LogP contribution is 2.35. The van der Waals surface area contributed by atoms with Crippen molar-refractivity contribution in [2.24, 2.45) is 5.10 Å². The molecule has 0 atom stereocenters. The number of rotatable bonds is 5. The van der Waals surface area contributed by atoms with Gasteiger partial charge in [0, 0.05) is 15.7 Å². The number of nitrogens with zero attached hydrogens (tertiary/aromatic N) is 3. The number of anilines is 1. The molecular formula is C28H23BrF3N5OS. The molecule has 1 heterocycles. The summed E-state index contributed by atoms with van der Waals surface area (Å²) in [6, 6.07) is 15.8. The van der Waals surface area contributed by atoms with Crippen molar-refractivity contribution in [2.75, 3.05) is 5.32 Å². The molecule has 0 bridgehead atoms. The molecule has 1 aromatic heterocycles. The molecule has 0 aliphatic heterocycles. The van der Waals surface area contributed by atoms with Crippen LogP contribution in [0.15, 0.2) is 70.4 Å². The predicted molar refractivity (Wildman–Crippen MR) is 154 cm³/mol. The van der Waals surface area contributed by atoms with E-state index in [0.29, 0.717) is 10.8 Å². The van der Waals surface area contributed by atoms with Gasteiger partial charge in [-0.05, 0) is 109 Å². The maximum absolute atomic E-state index is 12.5. The van der Waals surface area contributed by atoms with E-state index in [1.54, 1.807) is 29.2 Å². The lowest BCUT2D eigenvalue weighted by Gasteiger charge is -2.18. The number of halogens is 4. The van der Waals surface area contributed by atoms with E-state index in [4.69, 9.17) is 12.2 Å². The number of thiocarbonyl (C=S) groups is 1. The van der Waals surface area contributed by atoms with E-state index in [2.05, 4.69) is 47.7 Å². The van der Waals surface area contributed by atoms with Crippen molar-refractivity contribution in [1.29, 1.82) is 0 Å². The molecule has 1 aliphatic rings. The number of hydrogen-bond acceptors (Lipinski definition) is 4. The summed E-state index contributed by atoms with van der Waals surface area (Å²) in [4.78, 5) is 0. The van der Waals surface area contributed by atoms with Crippen LogP contribution >= 0.6 is 28.1 Å². The lowest BCUT2D eigenvalue weighted by atomic mass is 9.89. The molecule has 0 spiro atoms. The van der Waals surface area contributed by atoms with Crippen LogP contribution in [0.1, 0.15) is 27.9 Å². The third-order valence-electron chi connectivity index (χ3n) is 6.35. The lowest BCUT2D eigenvalue weighted by Crippen LogP contribution is -2.24. The molecule has 1 aliphatic carbocycles. The van der Waals surface area contributed by atoms with E-state index in [0.717, 1.165) is 56.5 Å². The number of nitrogens with one attached hydrogen (secondary N) is 2. The molecule has 0 saturated carbocycles. The molecule has 6 nitrogen and oxygen atoms in total. The van der Waals surface area contributed by atoms with Crippen LogP contribution in [0.25, 0.3) is 16.8 Å². The van der Waals surface area contributed by atoms with Crippen LogP contribution in [-0.4, -0.2) is 27.5 Å². The average molecular weight is 614 g/mol. The second kappa shape index (κ2) is 10.8. The number of benzene rings is 3. The van der Waals surface area contributed by atoms with E-state index in [-0.39, 0.29) is 5.75 Å². The molecule has 0 radical (unpaired) electrons. The first kappa shape index (κ1) is 26.9. The third-order valence-corrected chi connectivity index (χ3v) is 7.00. The zero-order valence-electron chi connectivity index (χ0n) is 20.9. The number of fused-ring (bicyclic) bond motifs is 3. The van der Waals surface area contributed by atoms with Crippen LogP contribution in [0.3, 0.4) is 0 Å². The molecule has 0 saturated heterocycles. The highest BCUT2D eigenvalue weighted by molar-refractivity contribution is 9.10. The Bertz CT molecular complexity index is 1560. The molecule has 0 unspecified atom stereocenters. The largest absolute Gasteiger partial charge is 0.573 e. The fraction of sp³-hybridized carbons (Fsp3) is 0.179. The fourth-order valence-corrected chi connectivity index (χ4v) is 5.52. The van der Waals surface area contributed by atoms with Crippen molar-refractivity contribution >= 4 is 45.2 Å². The van der Waals surface area contributed by atoms with E-state index in [1.807, 2.05) is 38.1 Å². The Morgan fingerprint density at radius 3 is 2.46 bits per heavy atom. The van der Waals surface area contributed by atoms with Gasteiger partial charge in [-0.25, -0.2) is 4.68 Å². The summed E-state index contributed by atoms with van der Waals surface area (Å²) < 4.78 is 44.2. The standard InChI is InChI=1S/C28H23BrF3N5OS/c1-16-11-20(29)12-17(2)26(16)35-27(39)36-33-14-18-3-9-23-19(13-18)4-10-25-24(23)15-34-37(25)21-5-7-22(8-6-21)38-28(30,31)32/h3,5-9,11-15H,4,10H2,1-2H3,(H2,35,36,39). The van der Waals surface area contributed by atoms with Gasteiger partial charge in [0.25, 0.3) is 0 Å². The van der Waals surface area contributed by atoms with Gasteiger partial charge in [0.2, 0.25) is 0 Å². The van der Waals surface area contributed by atoms with E-state index < -0.39 is 6.36 Å². The number of alkyl halides is 3. The van der Waals surface area contributed by atoms with Crippen LogP contribution in [0.4, 0.5) is 18.9 Å². The summed E-state index contributed by atoms with van der Waals surface area (Å²) in [5, 5.41) is 12.4. The van der Waals surface area contributed by atoms with Crippen LogP contribution in [-0.2, 0) is 12.8 Å². The minimum absolute atomic E-state index is 0.267. The summed E-state index contributed by atoms with van der Waals surface area (Å²) in [6.07, 6.45) is 0.317. The van der Waals surface area contributed by atoms with Gasteiger partial charge in [0.15, 0.2) is 5.11 Å². The van der Waals surface area contributed by atoms with Crippen LogP contribution in [0.2, 0.25) is 0 Å². The van der Waals surface area contributed by atoms with Gasteiger partial charge in [-0.15, -0.1) is 13.2 Å². The van der Waals surface area contributed by atoms with E-state index in [9.17, 15) is 13.2 Å². The number of ether oxygens (including phenoxy) is 1. The number of aryl methyl sites for hydroxylation is 3. The van der Waals surface area contributed by atoms with Gasteiger partial charge >= 0.3 is 6.36 Å². The van der Waals surface area contributed by atoms with E-state index >= 15 is 0 Å². The maximum atomic E-state index is 12.5. The van der Waals surface area contributed by atoms with Crippen molar-refractivity contribution in [1.82, 2.24) is 15.2 Å². The van der Waals surface area contributed by atoms with Gasteiger partial charge in [-0.1, -0.05) is 28.1 Å². The molecule has 2 N–H and O–H groups in total. The molecule has 11 heteroatoms. The van der Waals surface area contributed by atoms with Gasteiger partial charge in [-0.3, -0.25) is 5.43 Å². The number of hydrazone groups is 1. The molecule has 5 rings (SSSR count). The Morgan fingerprint density at radius 1 is 1.05 bits per heavy atom. The van der Waals surface area contributed by atoms with Crippen molar-refractivity contribution in [2.45, 2.75) is 33.1 Å². The molecule has 0 fully saturated rings. The first-order valence-electron chi connectivity index (χ1n) is 12.0. The average Bonchev–Trinajstić information content (AvgIpc) is 3.30. The van der Waals surface area contributed by atoms with Gasteiger partial charge in [-0.2, -0.15) is 10.2 Å². The Balaban J connectivity index is 1.27. The summed E-state index contributed by atoms with van der Waals surface area (Å²) in [5.74, 6) is -0.267. The van der Waals surface area contributed by atoms with Crippen LogP contribution in [0.5, 0.6) is 5.75 Å². The Kier molecular flexibility index (Phi) is 7.46. The van der Waals surface area contributed by atoms with Crippen LogP contribution < -0.4 is 15.5 Å². The minimum atomic E-state index is -4.73. The Labute approximate surface area is 237 Å². The molecule has 200 valence electrons.